The van der Waals surface area contributed by atoms with Crippen molar-refractivity contribution < 1.29 is 4.79 Å². The minimum atomic E-state index is 0.230. The van der Waals surface area contributed by atoms with Gasteiger partial charge in [-0.05, 0) is 25.7 Å². The Labute approximate surface area is 134 Å². The van der Waals surface area contributed by atoms with E-state index in [-0.39, 0.29) is 5.91 Å². The molecule has 0 atom stereocenters. The minimum absolute atomic E-state index is 0.230. The van der Waals surface area contributed by atoms with Gasteiger partial charge in [0.1, 0.15) is 0 Å². The number of nitrogens with zero attached hydrogens (tertiary/aromatic N) is 2. The number of amides is 1. The van der Waals surface area contributed by atoms with Crippen molar-refractivity contribution in [2.45, 2.75) is 76.7 Å². The van der Waals surface area contributed by atoms with Gasteiger partial charge in [0.2, 0.25) is 5.91 Å². The summed E-state index contributed by atoms with van der Waals surface area (Å²) in [6.45, 7) is 2.33. The predicted molar refractivity (Wildman–Crippen MR) is 90.8 cm³/mol. The molecule has 5 heteroatoms. The third kappa shape index (κ3) is 6.24. The number of carbonyl (C=O) groups is 1. The van der Waals surface area contributed by atoms with Crippen LogP contribution in [0.1, 0.15) is 70.6 Å². The molecular weight excluding hydrogens is 276 g/mol. The molecule has 0 aromatic carbocycles. The van der Waals surface area contributed by atoms with E-state index < -0.39 is 0 Å². The predicted octanol–water partition coefficient (Wildman–Crippen LogP) is 2.41. The molecule has 0 radical (unpaired) electrons. The van der Waals surface area contributed by atoms with E-state index in [2.05, 4.69) is 10.3 Å². The smallest absolute Gasteiger partial charge is 0.224 e. The fourth-order valence-electron chi connectivity index (χ4n) is 3.43. The Hall–Kier alpha value is -1.26. The molecule has 126 valence electrons. The lowest BCUT2D eigenvalue weighted by molar-refractivity contribution is -0.130. The normalized spacial score (nSPS) is 22.0. The zero-order chi connectivity index (χ0) is 15.6. The summed E-state index contributed by atoms with van der Waals surface area (Å²) in [7, 11) is 0. The van der Waals surface area contributed by atoms with Crippen molar-refractivity contribution in [3.8, 4) is 0 Å². The van der Waals surface area contributed by atoms with Crippen molar-refractivity contribution in [3.05, 3.63) is 0 Å². The number of nitrogens with one attached hydrogen (secondary N) is 1. The van der Waals surface area contributed by atoms with E-state index in [0.29, 0.717) is 25.0 Å². The molecule has 1 aliphatic heterocycles. The van der Waals surface area contributed by atoms with Gasteiger partial charge in [-0.3, -0.25) is 9.79 Å². The van der Waals surface area contributed by atoms with E-state index in [0.717, 1.165) is 25.9 Å². The summed E-state index contributed by atoms with van der Waals surface area (Å²) in [5.74, 6) is 0.739. The highest BCUT2D eigenvalue weighted by molar-refractivity contribution is 5.79. The third-order valence-corrected chi connectivity index (χ3v) is 4.77. The lowest BCUT2D eigenvalue weighted by atomic mass is 10.1. The first-order valence-corrected chi connectivity index (χ1v) is 9.10. The molecule has 0 aromatic rings. The lowest BCUT2D eigenvalue weighted by Gasteiger charge is -2.20. The van der Waals surface area contributed by atoms with Crippen LogP contribution in [0.15, 0.2) is 4.99 Å². The summed E-state index contributed by atoms with van der Waals surface area (Å²) >= 11 is 0. The number of hydrogen-bond acceptors (Lipinski definition) is 2. The standard InChI is InChI=1S/C17H32N4O/c18-17(20-15-9-5-1-2-6-10-15)19-12-11-16(22)21-13-7-3-4-8-14-21/h15H,1-14H2,(H3,18,19,20). The van der Waals surface area contributed by atoms with E-state index in [1.165, 1.54) is 51.4 Å². The maximum atomic E-state index is 12.2. The van der Waals surface area contributed by atoms with Crippen LogP contribution in [-0.2, 0) is 4.79 Å². The van der Waals surface area contributed by atoms with Gasteiger partial charge in [-0.2, -0.15) is 0 Å². The monoisotopic (exact) mass is 308 g/mol. The first-order chi connectivity index (χ1) is 10.8. The average molecular weight is 308 g/mol. The van der Waals surface area contributed by atoms with E-state index in [9.17, 15) is 4.79 Å². The van der Waals surface area contributed by atoms with Crippen molar-refractivity contribution in [3.63, 3.8) is 0 Å². The van der Waals surface area contributed by atoms with E-state index >= 15 is 0 Å². The van der Waals surface area contributed by atoms with Crippen LogP contribution < -0.4 is 11.1 Å². The summed E-state index contributed by atoms with van der Waals surface area (Å²) in [6, 6.07) is 0.465. The molecule has 22 heavy (non-hydrogen) atoms. The molecule has 0 bridgehead atoms. The van der Waals surface area contributed by atoms with E-state index in [1.54, 1.807) is 0 Å². The van der Waals surface area contributed by atoms with Gasteiger partial charge in [-0.25, -0.2) is 0 Å². The molecule has 1 saturated heterocycles. The summed E-state index contributed by atoms with van der Waals surface area (Å²) < 4.78 is 0. The second-order valence-electron chi connectivity index (χ2n) is 6.64. The van der Waals surface area contributed by atoms with Crippen molar-refractivity contribution in [1.29, 1.82) is 0 Å². The first kappa shape index (κ1) is 17.1. The maximum absolute atomic E-state index is 12.2. The third-order valence-electron chi connectivity index (χ3n) is 4.77. The molecule has 0 unspecified atom stereocenters. The SMILES string of the molecule is NC(=NCCC(=O)N1CCCCCC1)NC1CCCCCC1. The van der Waals surface area contributed by atoms with Gasteiger partial charge in [-0.15, -0.1) is 0 Å². The second-order valence-corrected chi connectivity index (χ2v) is 6.64. The van der Waals surface area contributed by atoms with Crippen molar-refractivity contribution >= 4 is 11.9 Å². The van der Waals surface area contributed by atoms with Gasteiger partial charge in [0.15, 0.2) is 5.96 Å². The Morgan fingerprint density at radius 2 is 1.59 bits per heavy atom. The molecule has 2 aliphatic rings. The summed E-state index contributed by atoms with van der Waals surface area (Å²) in [5, 5.41) is 3.32. The zero-order valence-corrected chi connectivity index (χ0v) is 13.9. The quantitative estimate of drug-likeness (QED) is 0.476. The molecule has 1 heterocycles. The van der Waals surface area contributed by atoms with Crippen LogP contribution in [0.3, 0.4) is 0 Å². The number of nitrogens with two attached hydrogens (primary N) is 1. The van der Waals surface area contributed by atoms with Gasteiger partial charge in [0.25, 0.3) is 0 Å². The first-order valence-electron chi connectivity index (χ1n) is 9.10. The number of rotatable bonds is 4. The lowest BCUT2D eigenvalue weighted by Crippen LogP contribution is -2.40. The van der Waals surface area contributed by atoms with Crippen molar-refractivity contribution in [2.24, 2.45) is 10.7 Å². The van der Waals surface area contributed by atoms with Crippen LogP contribution >= 0.6 is 0 Å². The van der Waals surface area contributed by atoms with Gasteiger partial charge in [0, 0.05) is 25.6 Å². The average Bonchev–Trinajstić information content (AvgIpc) is 2.91. The highest BCUT2D eigenvalue weighted by Gasteiger charge is 2.15. The summed E-state index contributed by atoms with van der Waals surface area (Å²) in [6.07, 6.45) is 12.8. The molecule has 0 aromatic heterocycles. The molecule has 3 N–H and O–H groups in total. The molecule has 1 amide bonds. The van der Waals surface area contributed by atoms with Crippen molar-refractivity contribution in [1.82, 2.24) is 10.2 Å². The zero-order valence-electron chi connectivity index (χ0n) is 13.9. The minimum Gasteiger partial charge on any atom is -0.370 e. The van der Waals surface area contributed by atoms with Crippen LogP contribution in [0.5, 0.6) is 0 Å². The fourth-order valence-corrected chi connectivity index (χ4v) is 3.43. The molecule has 2 rings (SSSR count). The van der Waals surface area contributed by atoms with Gasteiger partial charge in [0.05, 0.1) is 6.54 Å². The molecule has 5 nitrogen and oxygen atoms in total. The topological polar surface area (TPSA) is 70.7 Å². The molecule has 0 spiro atoms. The van der Waals surface area contributed by atoms with Crippen LogP contribution in [0, 0.1) is 0 Å². The van der Waals surface area contributed by atoms with Crippen LogP contribution in [0.4, 0.5) is 0 Å². The Kier molecular flexibility index (Phi) is 7.54. The highest BCUT2D eigenvalue weighted by Crippen LogP contribution is 2.17. The Morgan fingerprint density at radius 3 is 2.23 bits per heavy atom. The Morgan fingerprint density at radius 1 is 1.00 bits per heavy atom. The number of carbonyl (C=O) groups excluding carboxylic acids is 1. The molecule has 1 saturated carbocycles. The number of likely N-dealkylation sites (tertiary alicyclic amines) is 1. The summed E-state index contributed by atoms with van der Waals surface area (Å²) in [4.78, 5) is 18.5. The Balaban J connectivity index is 1.67. The maximum Gasteiger partial charge on any atom is 0.224 e. The van der Waals surface area contributed by atoms with Gasteiger partial charge < -0.3 is 16.0 Å². The highest BCUT2D eigenvalue weighted by atomic mass is 16.2. The molecule has 2 fully saturated rings. The Bertz CT molecular complexity index is 354. The van der Waals surface area contributed by atoms with Crippen LogP contribution in [0.25, 0.3) is 0 Å². The number of hydrogen-bond donors (Lipinski definition) is 2. The molecular formula is C17H32N4O. The van der Waals surface area contributed by atoms with E-state index in [1.807, 2.05) is 4.90 Å². The van der Waals surface area contributed by atoms with Gasteiger partial charge >= 0.3 is 0 Å². The van der Waals surface area contributed by atoms with Crippen LogP contribution in [0.2, 0.25) is 0 Å². The fraction of sp³-hybridized carbons (Fsp3) is 0.882. The van der Waals surface area contributed by atoms with Crippen LogP contribution in [-0.4, -0.2) is 42.4 Å². The largest absolute Gasteiger partial charge is 0.370 e. The molecule has 1 aliphatic carbocycles. The van der Waals surface area contributed by atoms with Gasteiger partial charge in [-0.1, -0.05) is 38.5 Å². The summed E-state index contributed by atoms with van der Waals surface area (Å²) in [5.41, 5.74) is 5.96. The van der Waals surface area contributed by atoms with Crippen molar-refractivity contribution in [2.75, 3.05) is 19.6 Å². The number of guanidine groups is 1. The van der Waals surface area contributed by atoms with E-state index in [4.69, 9.17) is 5.73 Å². The second kappa shape index (κ2) is 9.70. The number of aliphatic imine (C=N–C) groups is 1.